The van der Waals surface area contributed by atoms with Crippen LogP contribution in [0.4, 0.5) is 5.69 Å². The zero-order valence-corrected chi connectivity index (χ0v) is 11.7. The summed E-state index contributed by atoms with van der Waals surface area (Å²) in [5.41, 5.74) is 2.45. The third-order valence-electron chi connectivity index (χ3n) is 4.16. The molecule has 4 heteroatoms. The average molecular weight is 274 g/mol. The van der Waals surface area contributed by atoms with Crippen molar-refractivity contribution in [3.8, 4) is 0 Å². The minimum atomic E-state index is 0.0239. The van der Waals surface area contributed by atoms with Crippen LogP contribution >= 0.6 is 0 Å². The fourth-order valence-corrected chi connectivity index (χ4v) is 3.06. The summed E-state index contributed by atoms with van der Waals surface area (Å²) in [5.74, 6) is 0.0239. The Morgan fingerprint density at radius 1 is 1.30 bits per heavy atom. The Hall–Kier alpha value is -1.55. The second kappa shape index (κ2) is 6.27. The van der Waals surface area contributed by atoms with E-state index in [1.807, 2.05) is 12.1 Å². The Morgan fingerprint density at radius 3 is 2.95 bits per heavy atom. The molecule has 20 heavy (non-hydrogen) atoms. The van der Waals surface area contributed by atoms with Crippen molar-refractivity contribution in [3.63, 3.8) is 0 Å². The highest BCUT2D eigenvalue weighted by Gasteiger charge is 2.21. The van der Waals surface area contributed by atoms with Gasteiger partial charge in [-0.3, -0.25) is 4.79 Å². The van der Waals surface area contributed by atoms with E-state index >= 15 is 0 Å². The lowest BCUT2D eigenvalue weighted by molar-refractivity contribution is -0.128. The minimum absolute atomic E-state index is 0.0239. The van der Waals surface area contributed by atoms with Gasteiger partial charge in [0.05, 0.1) is 6.10 Å². The van der Waals surface area contributed by atoms with E-state index in [1.54, 1.807) is 0 Å². The van der Waals surface area contributed by atoms with Gasteiger partial charge in [-0.15, -0.1) is 0 Å². The number of benzene rings is 1. The van der Waals surface area contributed by atoms with E-state index in [0.717, 1.165) is 25.8 Å². The molecule has 0 saturated heterocycles. The number of ether oxygens (including phenoxy) is 1. The van der Waals surface area contributed by atoms with Gasteiger partial charge in [0.15, 0.2) is 0 Å². The molecule has 0 aromatic heterocycles. The van der Waals surface area contributed by atoms with Crippen LogP contribution in [-0.2, 0) is 16.0 Å². The van der Waals surface area contributed by atoms with Crippen LogP contribution in [0, 0.1) is 0 Å². The number of carbonyl (C=O) groups excluding carboxylic acids is 1. The van der Waals surface area contributed by atoms with Crippen molar-refractivity contribution in [2.24, 2.45) is 0 Å². The molecular weight excluding hydrogens is 252 g/mol. The zero-order chi connectivity index (χ0) is 13.8. The number of amides is 1. The van der Waals surface area contributed by atoms with Crippen LogP contribution in [0.5, 0.6) is 0 Å². The molecule has 1 amide bonds. The molecule has 1 saturated carbocycles. The van der Waals surface area contributed by atoms with E-state index in [0.29, 0.717) is 6.04 Å². The number of hydrogen-bond acceptors (Lipinski definition) is 3. The molecule has 3 rings (SSSR count). The predicted octanol–water partition coefficient (Wildman–Crippen LogP) is 2.10. The fourth-order valence-electron chi connectivity index (χ4n) is 3.06. The fraction of sp³-hybridized carbons (Fsp3) is 0.562. The first-order chi connectivity index (χ1) is 9.81. The molecule has 1 aliphatic carbocycles. The zero-order valence-electron chi connectivity index (χ0n) is 11.7. The quantitative estimate of drug-likeness (QED) is 0.884. The van der Waals surface area contributed by atoms with Crippen LogP contribution in [0.25, 0.3) is 0 Å². The van der Waals surface area contributed by atoms with Crippen molar-refractivity contribution in [1.29, 1.82) is 0 Å². The lowest BCUT2D eigenvalue weighted by Crippen LogP contribution is -2.38. The molecule has 0 spiro atoms. The van der Waals surface area contributed by atoms with E-state index in [4.69, 9.17) is 4.74 Å². The molecule has 0 radical (unpaired) electrons. The first kappa shape index (κ1) is 13.4. The van der Waals surface area contributed by atoms with Crippen LogP contribution in [0.1, 0.15) is 31.2 Å². The maximum absolute atomic E-state index is 11.8. The normalized spacial score (nSPS) is 22.1. The molecule has 2 aliphatic rings. The number of nitrogens with one attached hydrogen (secondary N) is 2. The largest absolute Gasteiger partial charge is 0.382 e. The molecule has 1 aliphatic heterocycles. The molecule has 1 fully saturated rings. The molecule has 108 valence electrons. The van der Waals surface area contributed by atoms with Gasteiger partial charge in [-0.1, -0.05) is 31.0 Å². The third-order valence-corrected chi connectivity index (χ3v) is 4.16. The number of anilines is 1. The molecular formula is C16H22N2O2. The summed E-state index contributed by atoms with van der Waals surface area (Å²) in [6.07, 6.45) is 5.65. The summed E-state index contributed by atoms with van der Waals surface area (Å²) in [6.45, 7) is 0.943. The van der Waals surface area contributed by atoms with Crippen molar-refractivity contribution in [1.82, 2.24) is 5.32 Å². The first-order valence-corrected chi connectivity index (χ1v) is 7.54. The Bertz CT molecular complexity index is 469. The smallest absolute Gasteiger partial charge is 0.246 e. The van der Waals surface area contributed by atoms with Crippen molar-refractivity contribution < 1.29 is 9.53 Å². The molecule has 4 nitrogen and oxygen atoms in total. The van der Waals surface area contributed by atoms with Gasteiger partial charge in [-0.05, 0) is 24.5 Å². The number of rotatable bonds is 4. The van der Waals surface area contributed by atoms with Gasteiger partial charge in [0, 0.05) is 24.7 Å². The third kappa shape index (κ3) is 3.31. The summed E-state index contributed by atoms with van der Waals surface area (Å²) in [6, 6.07) is 8.63. The Labute approximate surface area is 119 Å². The molecule has 0 bridgehead atoms. The Morgan fingerprint density at radius 2 is 2.10 bits per heavy atom. The van der Waals surface area contributed by atoms with Crippen LogP contribution in [0.2, 0.25) is 0 Å². The molecule has 1 atom stereocenters. The van der Waals surface area contributed by atoms with Crippen LogP contribution in [-0.4, -0.2) is 31.2 Å². The van der Waals surface area contributed by atoms with Gasteiger partial charge in [-0.2, -0.15) is 0 Å². The summed E-state index contributed by atoms with van der Waals surface area (Å²) >= 11 is 0. The lowest BCUT2D eigenvalue weighted by Gasteiger charge is -2.26. The predicted molar refractivity (Wildman–Crippen MR) is 78.8 cm³/mol. The summed E-state index contributed by atoms with van der Waals surface area (Å²) in [5, 5.41) is 6.41. The molecule has 1 heterocycles. The second-order valence-electron chi connectivity index (χ2n) is 5.72. The van der Waals surface area contributed by atoms with E-state index in [2.05, 4.69) is 22.8 Å². The number of para-hydroxylation sites is 1. The van der Waals surface area contributed by atoms with Gasteiger partial charge in [0.25, 0.3) is 0 Å². The molecule has 1 unspecified atom stereocenters. The van der Waals surface area contributed by atoms with Crippen LogP contribution in [0.3, 0.4) is 0 Å². The summed E-state index contributed by atoms with van der Waals surface area (Å²) < 4.78 is 5.74. The first-order valence-electron chi connectivity index (χ1n) is 7.54. The Balaban J connectivity index is 1.44. The molecule has 1 aromatic rings. The van der Waals surface area contributed by atoms with Crippen LogP contribution in [0.15, 0.2) is 24.3 Å². The average Bonchev–Trinajstić information content (AvgIpc) is 2.98. The standard InChI is InChI=1S/C16H22N2O2/c19-16(18-13-6-2-3-7-13)11-20-14-9-12-5-1-4-8-15(12)17-10-14/h1,4-5,8,13-14,17H,2-3,6-7,9-11H2,(H,18,19). The van der Waals surface area contributed by atoms with Gasteiger partial charge in [0.1, 0.15) is 6.61 Å². The lowest BCUT2D eigenvalue weighted by atomic mass is 10.0. The number of hydrogen-bond donors (Lipinski definition) is 2. The monoisotopic (exact) mass is 274 g/mol. The van der Waals surface area contributed by atoms with Crippen molar-refractivity contribution in [2.75, 3.05) is 18.5 Å². The van der Waals surface area contributed by atoms with E-state index in [9.17, 15) is 4.79 Å². The summed E-state index contributed by atoms with van der Waals surface area (Å²) in [7, 11) is 0. The van der Waals surface area contributed by atoms with Gasteiger partial charge < -0.3 is 15.4 Å². The topological polar surface area (TPSA) is 50.4 Å². The van der Waals surface area contributed by atoms with E-state index < -0.39 is 0 Å². The number of carbonyl (C=O) groups is 1. The minimum Gasteiger partial charge on any atom is -0.382 e. The van der Waals surface area contributed by atoms with Gasteiger partial charge in [0.2, 0.25) is 5.91 Å². The second-order valence-corrected chi connectivity index (χ2v) is 5.72. The molecule has 2 N–H and O–H groups in total. The summed E-state index contributed by atoms with van der Waals surface area (Å²) in [4.78, 5) is 11.8. The van der Waals surface area contributed by atoms with Gasteiger partial charge >= 0.3 is 0 Å². The van der Waals surface area contributed by atoms with Gasteiger partial charge in [-0.25, -0.2) is 0 Å². The maximum atomic E-state index is 11.8. The van der Waals surface area contributed by atoms with Crippen LogP contribution < -0.4 is 10.6 Å². The highest BCUT2D eigenvalue weighted by molar-refractivity contribution is 5.77. The highest BCUT2D eigenvalue weighted by atomic mass is 16.5. The number of fused-ring (bicyclic) bond motifs is 1. The van der Waals surface area contributed by atoms with Crippen molar-refractivity contribution in [3.05, 3.63) is 29.8 Å². The van der Waals surface area contributed by atoms with E-state index in [-0.39, 0.29) is 18.6 Å². The maximum Gasteiger partial charge on any atom is 0.246 e. The van der Waals surface area contributed by atoms with E-state index in [1.165, 1.54) is 24.1 Å². The van der Waals surface area contributed by atoms with Crippen molar-refractivity contribution in [2.45, 2.75) is 44.2 Å². The highest BCUT2D eigenvalue weighted by Crippen LogP contribution is 2.22. The molecule has 1 aromatic carbocycles. The Kier molecular flexibility index (Phi) is 4.21. The SMILES string of the molecule is O=C(COC1CNc2ccccc2C1)NC1CCCC1. The van der Waals surface area contributed by atoms with Crippen molar-refractivity contribution >= 4 is 11.6 Å².